The number of hydrogen-bond donors (Lipinski definition) is 3. The van der Waals surface area contributed by atoms with E-state index in [1.54, 1.807) is 11.4 Å². The van der Waals surface area contributed by atoms with Crippen LogP contribution in [0.2, 0.25) is 0 Å². The topological polar surface area (TPSA) is 87.7 Å². The minimum atomic E-state index is -0.735. The predicted octanol–water partition coefficient (Wildman–Crippen LogP) is 3.47. The Morgan fingerprint density at radius 2 is 1.95 bits per heavy atom. The highest BCUT2D eigenvalue weighted by atomic mass is 79.9. The quantitative estimate of drug-likeness (QED) is 0.328. The van der Waals surface area contributed by atoms with Crippen LogP contribution < -0.4 is 11.1 Å². The molecular formula is C14H20BrN3O2S. The minimum Gasteiger partial charge on any atom is -0.409 e. The lowest BCUT2D eigenvalue weighted by molar-refractivity contribution is 0.0911. The van der Waals surface area contributed by atoms with Crippen LogP contribution in [0, 0.1) is 0 Å². The molecule has 2 rings (SSSR count). The lowest BCUT2D eigenvalue weighted by Crippen LogP contribution is -2.57. The van der Waals surface area contributed by atoms with Crippen molar-refractivity contribution in [1.82, 2.24) is 5.32 Å². The number of nitrogens with one attached hydrogen (secondary N) is 1. The lowest BCUT2D eigenvalue weighted by Gasteiger charge is -2.35. The van der Waals surface area contributed by atoms with Crippen LogP contribution >= 0.6 is 27.3 Å². The van der Waals surface area contributed by atoms with Crippen LogP contribution in [-0.4, -0.2) is 22.5 Å². The van der Waals surface area contributed by atoms with Gasteiger partial charge in [-0.3, -0.25) is 4.79 Å². The van der Waals surface area contributed by atoms with Crippen LogP contribution in [0.15, 0.2) is 20.4 Å². The molecule has 7 heteroatoms. The third-order valence-electron chi connectivity index (χ3n) is 3.99. The van der Waals surface area contributed by atoms with E-state index in [9.17, 15) is 4.79 Å². The summed E-state index contributed by atoms with van der Waals surface area (Å²) in [6.45, 7) is 0. The first kappa shape index (κ1) is 16.3. The van der Waals surface area contributed by atoms with E-state index in [0.29, 0.717) is 18.4 Å². The van der Waals surface area contributed by atoms with Gasteiger partial charge in [0.05, 0.1) is 9.35 Å². The van der Waals surface area contributed by atoms with Gasteiger partial charge >= 0.3 is 0 Å². The summed E-state index contributed by atoms with van der Waals surface area (Å²) in [5.74, 6) is -0.0730. The summed E-state index contributed by atoms with van der Waals surface area (Å²) in [6.07, 6.45) is 6.77. The largest absolute Gasteiger partial charge is 0.409 e. The Balaban J connectivity index is 2.20. The molecule has 21 heavy (non-hydrogen) atoms. The van der Waals surface area contributed by atoms with Gasteiger partial charge in [-0.1, -0.05) is 37.3 Å². The van der Waals surface area contributed by atoms with Crippen molar-refractivity contribution in [3.63, 3.8) is 0 Å². The minimum absolute atomic E-state index is 0.104. The molecular weight excluding hydrogens is 354 g/mol. The fourth-order valence-corrected chi connectivity index (χ4v) is 3.91. The SMILES string of the molecule is NC(=NO)C1(NC(=O)c2csc(Br)c2)CCCCCCC1. The van der Waals surface area contributed by atoms with Crippen molar-refractivity contribution in [1.29, 1.82) is 0 Å². The van der Waals surface area contributed by atoms with E-state index in [-0.39, 0.29) is 11.7 Å². The molecule has 0 radical (unpaired) electrons. The standard InChI is InChI=1S/C14H20BrN3O2S/c15-11-8-10(9-21-11)12(19)17-14(13(16)18-20)6-4-2-1-3-5-7-14/h8-9,20H,1-7H2,(H2,16,18)(H,17,19). The summed E-state index contributed by atoms with van der Waals surface area (Å²) in [7, 11) is 0. The van der Waals surface area contributed by atoms with E-state index in [1.807, 2.05) is 0 Å². The second kappa shape index (κ2) is 7.26. The Hall–Kier alpha value is -1.08. The van der Waals surface area contributed by atoms with Crippen LogP contribution in [0.4, 0.5) is 0 Å². The van der Waals surface area contributed by atoms with Gasteiger partial charge < -0.3 is 16.3 Å². The Kier molecular flexibility index (Phi) is 5.64. The zero-order valence-corrected chi connectivity index (χ0v) is 14.2. The molecule has 1 heterocycles. The van der Waals surface area contributed by atoms with Gasteiger partial charge in [0.25, 0.3) is 5.91 Å². The second-order valence-electron chi connectivity index (χ2n) is 5.43. The van der Waals surface area contributed by atoms with Gasteiger partial charge in [0, 0.05) is 5.38 Å². The third kappa shape index (κ3) is 3.97. The van der Waals surface area contributed by atoms with Gasteiger partial charge in [-0.15, -0.1) is 11.3 Å². The summed E-state index contributed by atoms with van der Waals surface area (Å²) >= 11 is 4.81. The molecule has 4 N–H and O–H groups in total. The number of thiophene rings is 1. The molecule has 1 aliphatic rings. The number of nitrogens with zero attached hydrogens (tertiary/aromatic N) is 1. The molecule has 0 bridgehead atoms. The summed E-state index contributed by atoms with van der Waals surface area (Å²) in [6, 6.07) is 1.78. The number of amidine groups is 1. The molecule has 1 aromatic heterocycles. The average Bonchev–Trinajstić information content (AvgIpc) is 2.88. The normalized spacial score (nSPS) is 19.6. The van der Waals surface area contributed by atoms with Gasteiger partial charge in [-0.05, 0) is 34.8 Å². The number of nitrogens with two attached hydrogens (primary N) is 1. The molecule has 0 aliphatic heterocycles. The van der Waals surface area contributed by atoms with Crippen LogP contribution in [0.3, 0.4) is 0 Å². The van der Waals surface area contributed by atoms with Crippen LogP contribution in [0.25, 0.3) is 0 Å². The molecule has 1 amide bonds. The molecule has 1 aliphatic carbocycles. The molecule has 1 saturated carbocycles. The monoisotopic (exact) mass is 373 g/mol. The van der Waals surface area contributed by atoms with Crippen LogP contribution in [0.5, 0.6) is 0 Å². The summed E-state index contributed by atoms with van der Waals surface area (Å²) < 4.78 is 0.906. The Morgan fingerprint density at radius 1 is 1.33 bits per heavy atom. The Labute approximate surface area is 136 Å². The summed E-state index contributed by atoms with van der Waals surface area (Å²) in [4.78, 5) is 12.4. The van der Waals surface area contributed by atoms with Crippen molar-refractivity contribution in [3.8, 4) is 0 Å². The molecule has 5 nitrogen and oxygen atoms in total. The maximum Gasteiger partial charge on any atom is 0.252 e. The molecule has 0 atom stereocenters. The smallest absolute Gasteiger partial charge is 0.252 e. The van der Waals surface area contributed by atoms with E-state index in [1.165, 1.54) is 17.8 Å². The van der Waals surface area contributed by atoms with Gasteiger partial charge in [-0.25, -0.2) is 0 Å². The van der Waals surface area contributed by atoms with Gasteiger partial charge in [-0.2, -0.15) is 0 Å². The number of carbonyl (C=O) groups is 1. The third-order valence-corrected chi connectivity index (χ3v) is 5.49. The van der Waals surface area contributed by atoms with Crippen LogP contribution in [-0.2, 0) is 0 Å². The van der Waals surface area contributed by atoms with E-state index >= 15 is 0 Å². The van der Waals surface area contributed by atoms with Crippen molar-refractivity contribution in [2.24, 2.45) is 10.9 Å². The number of oxime groups is 1. The van der Waals surface area contributed by atoms with Crippen molar-refractivity contribution < 1.29 is 10.0 Å². The maximum absolute atomic E-state index is 12.4. The van der Waals surface area contributed by atoms with Gasteiger partial charge in [0.15, 0.2) is 5.84 Å². The maximum atomic E-state index is 12.4. The fraction of sp³-hybridized carbons (Fsp3) is 0.571. The lowest BCUT2D eigenvalue weighted by atomic mass is 9.82. The first-order chi connectivity index (χ1) is 10.1. The first-order valence-electron chi connectivity index (χ1n) is 7.12. The molecule has 0 aromatic carbocycles. The number of amides is 1. The number of carbonyl (C=O) groups excluding carboxylic acids is 1. The molecule has 1 fully saturated rings. The number of halogens is 1. The summed E-state index contributed by atoms with van der Waals surface area (Å²) in [5, 5.41) is 17.1. The average molecular weight is 374 g/mol. The zero-order chi connectivity index (χ0) is 15.3. The second-order valence-corrected chi connectivity index (χ2v) is 7.72. The molecule has 0 spiro atoms. The molecule has 1 aromatic rings. The van der Waals surface area contributed by atoms with E-state index in [0.717, 1.165) is 29.5 Å². The highest BCUT2D eigenvalue weighted by Crippen LogP contribution is 2.28. The van der Waals surface area contributed by atoms with Crippen LogP contribution in [0.1, 0.15) is 55.3 Å². The highest BCUT2D eigenvalue weighted by molar-refractivity contribution is 9.11. The fourth-order valence-electron chi connectivity index (χ4n) is 2.77. The van der Waals surface area contributed by atoms with Gasteiger partial charge in [0.2, 0.25) is 0 Å². The molecule has 116 valence electrons. The molecule has 0 saturated heterocycles. The van der Waals surface area contributed by atoms with Gasteiger partial charge in [0.1, 0.15) is 5.54 Å². The van der Waals surface area contributed by atoms with E-state index in [4.69, 9.17) is 10.9 Å². The molecule has 0 unspecified atom stereocenters. The van der Waals surface area contributed by atoms with Crippen molar-refractivity contribution in [3.05, 3.63) is 20.8 Å². The van der Waals surface area contributed by atoms with E-state index in [2.05, 4.69) is 26.4 Å². The van der Waals surface area contributed by atoms with Crippen molar-refractivity contribution in [2.45, 2.75) is 50.5 Å². The Bertz CT molecular complexity index is 522. The van der Waals surface area contributed by atoms with Crippen molar-refractivity contribution >= 4 is 39.0 Å². The highest BCUT2D eigenvalue weighted by Gasteiger charge is 2.37. The summed E-state index contributed by atoms with van der Waals surface area (Å²) in [5.41, 5.74) is 5.77. The number of hydrogen-bond acceptors (Lipinski definition) is 4. The first-order valence-corrected chi connectivity index (χ1v) is 8.79. The Morgan fingerprint density at radius 3 is 2.48 bits per heavy atom. The number of rotatable bonds is 3. The zero-order valence-electron chi connectivity index (χ0n) is 11.8. The van der Waals surface area contributed by atoms with E-state index < -0.39 is 5.54 Å². The van der Waals surface area contributed by atoms with Crippen molar-refractivity contribution in [2.75, 3.05) is 0 Å². The predicted molar refractivity (Wildman–Crippen MR) is 87.9 cm³/mol.